The maximum absolute atomic E-state index is 5.92. The van der Waals surface area contributed by atoms with E-state index in [2.05, 4.69) is 5.38 Å². The van der Waals surface area contributed by atoms with Crippen LogP contribution in [0.4, 0.5) is 0 Å². The van der Waals surface area contributed by atoms with Crippen LogP contribution >= 0.6 is 22.9 Å². The zero-order chi connectivity index (χ0) is 12.3. The van der Waals surface area contributed by atoms with Gasteiger partial charge in [0.15, 0.2) is 0 Å². The van der Waals surface area contributed by atoms with Crippen molar-refractivity contribution in [3.05, 3.63) is 51.2 Å². The van der Waals surface area contributed by atoms with Crippen LogP contribution < -0.4 is 10.5 Å². The Kier molecular flexibility index (Phi) is 4.05. The summed E-state index contributed by atoms with van der Waals surface area (Å²) < 4.78 is 5.92. The number of nitrogens with two attached hydrogens (primary N) is 1. The van der Waals surface area contributed by atoms with E-state index in [0.29, 0.717) is 6.54 Å². The predicted octanol–water partition coefficient (Wildman–Crippen LogP) is 3.79. The first-order chi connectivity index (χ1) is 8.20. The molecule has 0 saturated heterocycles. The molecule has 0 radical (unpaired) electrons. The molecular weight excluding hydrogens is 254 g/mol. The van der Waals surface area contributed by atoms with Crippen molar-refractivity contribution in [2.24, 2.45) is 5.73 Å². The summed E-state index contributed by atoms with van der Waals surface area (Å²) in [7, 11) is 0. The van der Waals surface area contributed by atoms with Crippen molar-refractivity contribution in [1.82, 2.24) is 0 Å². The lowest BCUT2D eigenvalue weighted by molar-refractivity contribution is 0.213. The summed E-state index contributed by atoms with van der Waals surface area (Å²) in [4.78, 5) is 0. The molecule has 0 spiro atoms. The number of hydrogen-bond acceptors (Lipinski definition) is 3. The summed E-state index contributed by atoms with van der Waals surface area (Å²) >= 11 is 7.55. The lowest BCUT2D eigenvalue weighted by Crippen LogP contribution is -2.18. The number of aryl methyl sites for hydroxylation is 1. The van der Waals surface area contributed by atoms with Crippen molar-refractivity contribution in [2.45, 2.75) is 13.0 Å². The summed E-state index contributed by atoms with van der Waals surface area (Å²) in [6, 6.07) is 7.63. The van der Waals surface area contributed by atoms with Gasteiger partial charge in [-0.15, -0.1) is 0 Å². The molecule has 1 aromatic heterocycles. The highest BCUT2D eigenvalue weighted by Gasteiger charge is 2.13. The molecule has 2 aromatic rings. The van der Waals surface area contributed by atoms with Crippen LogP contribution in [0.25, 0.3) is 0 Å². The Balaban J connectivity index is 2.19. The Labute approximate surface area is 110 Å². The molecule has 1 unspecified atom stereocenters. The van der Waals surface area contributed by atoms with Gasteiger partial charge in [-0.3, -0.25) is 0 Å². The van der Waals surface area contributed by atoms with Gasteiger partial charge in [-0.05, 0) is 47.5 Å². The van der Waals surface area contributed by atoms with Crippen LogP contribution in [0.1, 0.15) is 17.2 Å². The van der Waals surface area contributed by atoms with Crippen LogP contribution in [0.2, 0.25) is 5.02 Å². The lowest BCUT2D eigenvalue weighted by Gasteiger charge is -2.18. The number of thiophene rings is 1. The van der Waals surface area contributed by atoms with Gasteiger partial charge in [0.1, 0.15) is 11.9 Å². The third-order valence-corrected chi connectivity index (χ3v) is 3.47. The van der Waals surface area contributed by atoms with E-state index >= 15 is 0 Å². The molecule has 4 heteroatoms. The van der Waals surface area contributed by atoms with Crippen molar-refractivity contribution in [3.63, 3.8) is 0 Å². The molecule has 17 heavy (non-hydrogen) atoms. The van der Waals surface area contributed by atoms with E-state index in [-0.39, 0.29) is 6.10 Å². The first kappa shape index (κ1) is 12.4. The Morgan fingerprint density at radius 3 is 2.82 bits per heavy atom. The number of halogens is 1. The third kappa shape index (κ3) is 3.00. The molecule has 90 valence electrons. The van der Waals surface area contributed by atoms with Gasteiger partial charge >= 0.3 is 0 Å². The fraction of sp³-hybridized carbons (Fsp3) is 0.231. The number of hydrogen-bond donors (Lipinski definition) is 1. The highest BCUT2D eigenvalue weighted by atomic mass is 35.5. The zero-order valence-corrected chi connectivity index (χ0v) is 11.1. The second kappa shape index (κ2) is 5.54. The van der Waals surface area contributed by atoms with E-state index < -0.39 is 0 Å². The Morgan fingerprint density at radius 1 is 1.41 bits per heavy atom. The van der Waals surface area contributed by atoms with Gasteiger partial charge in [0.05, 0.1) is 0 Å². The molecule has 0 saturated carbocycles. The van der Waals surface area contributed by atoms with Crippen LogP contribution in [0, 0.1) is 6.92 Å². The molecule has 0 aliphatic carbocycles. The van der Waals surface area contributed by atoms with E-state index in [1.807, 2.05) is 36.6 Å². The zero-order valence-electron chi connectivity index (χ0n) is 9.52. The SMILES string of the molecule is Cc1cc(Cl)ccc1OC(CN)c1ccsc1. The van der Waals surface area contributed by atoms with Gasteiger partial charge in [-0.1, -0.05) is 11.6 Å². The quantitative estimate of drug-likeness (QED) is 0.915. The number of ether oxygens (including phenoxy) is 1. The molecule has 2 N–H and O–H groups in total. The van der Waals surface area contributed by atoms with Gasteiger partial charge in [0.25, 0.3) is 0 Å². The highest BCUT2D eigenvalue weighted by Crippen LogP contribution is 2.27. The van der Waals surface area contributed by atoms with Crippen LogP contribution in [-0.2, 0) is 0 Å². The van der Waals surface area contributed by atoms with Crippen molar-refractivity contribution >= 4 is 22.9 Å². The molecule has 0 bridgehead atoms. The van der Waals surface area contributed by atoms with Gasteiger partial charge in [0.2, 0.25) is 0 Å². The molecule has 1 atom stereocenters. The fourth-order valence-electron chi connectivity index (χ4n) is 1.61. The lowest BCUT2D eigenvalue weighted by atomic mass is 10.2. The molecule has 0 aliphatic heterocycles. The fourth-order valence-corrected chi connectivity index (χ4v) is 2.54. The molecule has 2 nitrogen and oxygen atoms in total. The average Bonchev–Trinajstić information content (AvgIpc) is 2.81. The van der Waals surface area contributed by atoms with E-state index in [1.54, 1.807) is 11.3 Å². The summed E-state index contributed by atoms with van der Waals surface area (Å²) in [6.07, 6.45) is -0.0962. The van der Waals surface area contributed by atoms with E-state index in [1.165, 1.54) is 0 Å². The summed E-state index contributed by atoms with van der Waals surface area (Å²) in [6.45, 7) is 2.43. The molecule has 0 amide bonds. The van der Waals surface area contributed by atoms with Crippen molar-refractivity contribution in [3.8, 4) is 5.75 Å². The van der Waals surface area contributed by atoms with E-state index in [4.69, 9.17) is 22.1 Å². The average molecular weight is 268 g/mol. The predicted molar refractivity (Wildman–Crippen MR) is 72.9 cm³/mol. The summed E-state index contributed by atoms with van der Waals surface area (Å²) in [5.74, 6) is 0.830. The largest absolute Gasteiger partial charge is 0.484 e. The van der Waals surface area contributed by atoms with Crippen molar-refractivity contribution < 1.29 is 4.74 Å². The topological polar surface area (TPSA) is 35.2 Å². The third-order valence-electron chi connectivity index (χ3n) is 2.54. The minimum atomic E-state index is -0.0962. The molecule has 1 aromatic carbocycles. The van der Waals surface area contributed by atoms with Crippen LogP contribution in [0.5, 0.6) is 5.75 Å². The monoisotopic (exact) mass is 267 g/mol. The standard InChI is InChI=1S/C13H14ClNOS/c1-9-6-11(14)2-3-12(9)16-13(7-15)10-4-5-17-8-10/h2-6,8,13H,7,15H2,1H3. The van der Waals surface area contributed by atoms with E-state index in [0.717, 1.165) is 21.9 Å². The smallest absolute Gasteiger partial charge is 0.137 e. The first-order valence-corrected chi connectivity index (χ1v) is 6.67. The Morgan fingerprint density at radius 2 is 2.24 bits per heavy atom. The van der Waals surface area contributed by atoms with Gasteiger partial charge in [0, 0.05) is 17.1 Å². The highest BCUT2D eigenvalue weighted by molar-refractivity contribution is 7.07. The molecule has 2 rings (SSSR count). The first-order valence-electron chi connectivity index (χ1n) is 5.35. The van der Waals surface area contributed by atoms with Crippen LogP contribution in [0.3, 0.4) is 0 Å². The van der Waals surface area contributed by atoms with Crippen LogP contribution in [0.15, 0.2) is 35.0 Å². The second-order valence-electron chi connectivity index (χ2n) is 3.81. The maximum Gasteiger partial charge on any atom is 0.137 e. The Hall–Kier alpha value is -1.03. The minimum Gasteiger partial charge on any atom is -0.484 e. The minimum absolute atomic E-state index is 0.0962. The number of rotatable bonds is 4. The van der Waals surface area contributed by atoms with E-state index in [9.17, 15) is 0 Å². The van der Waals surface area contributed by atoms with Gasteiger partial charge in [-0.25, -0.2) is 0 Å². The molecule has 0 fully saturated rings. The van der Waals surface area contributed by atoms with Crippen molar-refractivity contribution in [2.75, 3.05) is 6.54 Å². The molecule has 1 heterocycles. The van der Waals surface area contributed by atoms with Crippen molar-refractivity contribution in [1.29, 1.82) is 0 Å². The maximum atomic E-state index is 5.92. The Bertz CT molecular complexity index is 484. The summed E-state index contributed by atoms with van der Waals surface area (Å²) in [5.41, 5.74) is 7.88. The number of benzene rings is 1. The van der Waals surface area contributed by atoms with Gasteiger partial charge < -0.3 is 10.5 Å². The van der Waals surface area contributed by atoms with Crippen LogP contribution in [-0.4, -0.2) is 6.54 Å². The molecule has 0 aliphatic rings. The second-order valence-corrected chi connectivity index (χ2v) is 5.03. The van der Waals surface area contributed by atoms with Gasteiger partial charge in [-0.2, -0.15) is 11.3 Å². The molecular formula is C13H14ClNOS. The summed E-state index contributed by atoms with van der Waals surface area (Å²) in [5, 5.41) is 4.80. The normalized spacial score (nSPS) is 12.4.